The van der Waals surface area contributed by atoms with Crippen LogP contribution < -0.4 is 5.32 Å². The van der Waals surface area contributed by atoms with Crippen LogP contribution >= 0.6 is 11.8 Å². The molecule has 2 rings (SSSR count). The minimum Gasteiger partial charge on any atom is -0.440 e. The summed E-state index contributed by atoms with van der Waals surface area (Å²) < 4.78 is 5.06. The van der Waals surface area contributed by atoms with Crippen molar-refractivity contribution in [3.05, 3.63) is 12.5 Å². The largest absolute Gasteiger partial charge is 0.440 e. The Balaban J connectivity index is 1.95. The van der Waals surface area contributed by atoms with E-state index in [0.717, 1.165) is 6.54 Å². The molecule has 1 aromatic rings. The van der Waals surface area contributed by atoms with Crippen LogP contribution in [0.4, 0.5) is 0 Å². The van der Waals surface area contributed by atoms with Crippen molar-refractivity contribution in [2.24, 2.45) is 0 Å². The lowest BCUT2D eigenvalue weighted by Crippen LogP contribution is -2.19. The molecule has 2 heterocycles. The Morgan fingerprint density at radius 3 is 3.17 bits per heavy atom. The van der Waals surface area contributed by atoms with Gasteiger partial charge in [0, 0.05) is 13.1 Å². The summed E-state index contributed by atoms with van der Waals surface area (Å²) in [5.41, 5.74) is 0. The van der Waals surface area contributed by atoms with E-state index in [9.17, 15) is 5.11 Å². The molecule has 0 saturated carbocycles. The monoisotopic (exact) mass is 186 g/mol. The van der Waals surface area contributed by atoms with Crippen LogP contribution in [0.25, 0.3) is 0 Å². The maximum atomic E-state index is 9.43. The van der Waals surface area contributed by atoms with E-state index in [0.29, 0.717) is 11.8 Å². The van der Waals surface area contributed by atoms with Gasteiger partial charge < -0.3 is 14.8 Å². The van der Waals surface area contributed by atoms with Crippen LogP contribution in [0.1, 0.15) is 0 Å². The minimum atomic E-state index is -0.290. The molecule has 1 aliphatic rings. The van der Waals surface area contributed by atoms with Crippen LogP contribution in [0.2, 0.25) is 0 Å². The highest BCUT2D eigenvalue weighted by atomic mass is 32.2. The van der Waals surface area contributed by atoms with E-state index < -0.39 is 0 Å². The Bertz CT molecular complexity index is 240. The summed E-state index contributed by atoms with van der Waals surface area (Å²) in [7, 11) is 0. The van der Waals surface area contributed by atoms with Gasteiger partial charge in [0.2, 0.25) is 0 Å². The van der Waals surface area contributed by atoms with Gasteiger partial charge in [0.25, 0.3) is 5.22 Å². The molecule has 2 N–H and O–H groups in total. The number of thioether (sulfide) groups is 1. The summed E-state index contributed by atoms with van der Waals surface area (Å²) >= 11 is 1.48. The summed E-state index contributed by atoms with van der Waals surface area (Å²) in [5.74, 6) is 0. The predicted octanol–water partition coefficient (Wildman–Crippen LogP) is 0.0994. The standard InChI is InChI=1S/C7H10N2O2S/c10-5-3-8-4-6(5)12-7-9-1-2-11-7/h1-2,5-6,8,10H,3-4H2. The Hall–Kier alpha value is -0.520. The van der Waals surface area contributed by atoms with E-state index in [4.69, 9.17) is 4.42 Å². The number of aliphatic hydroxyl groups is 1. The number of aliphatic hydroxyl groups excluding tert-OH is 1. The van der Waals surface area contributed by atoms with Crippen LogP contribution in [0.15, 0.2) is 22.1 Å². The first-order chi connectivity index (χ1) is 5.86. The first-order valence-corrected chi connectivity index (χ1v) is 4.69. The third-order valence-corrected chi connectivity index (χ3v) is 2.98. The SMILES string of the molecule is OC1CNCC1Sc1ncco1. The normalized spacial score (nSPS) is 29.4. The van der Waals surface area contributed by atoms with Crippen molar-refractivity contribution >= 4 is 11.8 Å². The number of β-amino-alcohol motifs (C(OH)–C–C–N with tert-alkyl or cyclic N) is 1. The molecule has 0 aromatic carbocycles. The summed E-state index contributed by atoms with van der Waals surface area (Å²) in [4.78, 5) is 3.97. The third kappa shape index (κ3) is 1.63. The fourth-order valence-electron chi connectivity index (χ4n) is 1.16. The third-order valence-electron chi connectivity index (χ3n) is 1.79. The molecule has 0 amide bonds. The van der Waals surface area contributed by atoms with E-state index in [1.54, 1.807) is 6.20 Å². The van der Waals surface area contributed by atoms with Gasteiger partial charge in [-0.15, -0.1) is 0 Å². The van der Waals surface area contributed by atoms with Crippen LogP contribution in [0, 0.1) is 0 Å². The van der Waals surface area contributed by atoms with Crippen molar-refractivity contribution in [1.29, 1.82) is 0 Å². The molecule has 12 heavy (non-hydrogen) atoms. The van der Waals surface area contributed by atoms with Gasteiger partial charge in [0.15, 0.2) is 0 Å². The van der Waals surface area contributed by atoms with Crippen molar-refractivity contribution in [2.45, 2.75) is 16.6 Å². The molecule has 1 aromatic heterocycles. The van der Waals surface area contributed by atoms with Crippen LogP contribution in [-0.2, 0) is 0 Å². The summed E-state index contributed by atoms with van der Waals surface area (Å²) in [6, 6.07) is 0. The smallest absolute Gasteiger partial charge is 0.255 e. The van der Waals surface area contributed by atoms with E-state index >= 15 is 0 Å². The molecule has 2 atom stereocenters. The average molecular weight is 186 g/mol. The number of aromatic nitrogens is 1. The Kier molecular flexibility index (Phi) is 2.34. The summed E-state index contributed by atoms with van der Waals surface area (Å²) in [6.45, 7) is 1.48. The van der Waals surface area contributed by atoms with E-state index in [-0.39, 0.29) is 11.4 Å². The van der Waals surface area contributed by atoms with Crippen molar-refractivity contribution in [3.63, 3.8) is 0 Å². The molecule has 0 bridgehead atoms. The van der Waals surface area contributed by atoms with Gasteiger partial charge in [0.1, 0.15) is 6.26 Å². The first-order valence-electron chi connectivity index (χ1n) is 3.81. The van der Waals surface area contributed by atoms with Gasteiger partial charge in [-0.3, -0.25) is 0 Å². The highest BCUT2D eigenvalue weighted by Crippen LogP contribution is 2.25. The topological polar surface area (TPSA) is 58.3 Å². The molecule has 0 aliphatic carbocycles. The average Bonchev–Trinajstić information content (AvgIpc) is 2.65. The minimum absolute atomic E-state index is 0.170. The number of hydrogen-bond donors (Lipinski definition) is 2. The van der Waals surface area contributed by atoms with E-state index in [1.807, 2.05) is 0 Å². The second-order valence-electron chi connectivity index (χ2n) is 2.68. The highest BCUT2D eigenvalue weighted by Gasteiger charge is 2.26. The van der Waals surface area contributed by atoms with Gasteiger partial charge >= 0.3 is 0 Å². The van der Waals surface area contributed by atoms with Gasteiger partial charge in [0.05, 0.1) is 17.6 Å². The Morgan fingerprint density at radius 2 is 2.58 bits per heavy atom. The zero-order valence-corrected chi connectivity index (χ0v) is 7.25. The van der Waals surface area contributed by atoms with Gasteiger partial charge in [-0.05, 0) is 0 Å². The summed E-state index contributed by atoms with van der Waals surface area (Å²) in [6.07, 6.45) is 2.86. The molecule has 1 aliphatic heterocycles. The summed E-state index contributed by atoms with van der Waals surface area (Å²) in [5, 5.41) is 13.3. The van der Waals surface area contributed by atoms with Crippen molar-refractivity contribution in [1.82, 2.24) is 10.3 Å². The molecule has 1 saturated heterocycles. The van der Waals surface area contributed by atoms with Crippen molar-refractivity contribution in [3.8, 4) is 0 Å². The fraction of sp³-hybridized carbons (Fsp3) is 0.571. The van der Waals surface area contributed by atoms with E-state index in [2.05, 4.69) is 10.3 Å². The lowest BCUT2D eigenvalue weighted by molar-refractivity contribution is 0.200. The van der Waals surface area contributed by atoms with Crippen LogP contribution in [0.3, 0.4) is 0 Å². The molecule has 4 nitrogen and oxygen atoms in total. The molecule has 1 fully saturated rings. The van der Waals surface area contributed by atoms with Gasteiger partial charge in [-0.1, -0.05) is 11.8 Å². The Morgan fingerprint density at radius 1 is 1.67 bits per heavy atom. The van der Waals surface area contributed by atoms with E-state index in [1.165, 1.54) is 18.0 Å². The number of rotatable bonds is 2. The Labute approximate surface area is 74.4 Å². The second kappa shape index (κ2) is 3.47. The van der Waals surface area contributed by atoms with Crippen molar-refractivity contribution in [2.75, 3.05) is 13.1 Å². The lowest BCUT2D eigenvalue weighted by Gasteiger charge is -2.08. The van der Waals surface area contributed by atoms with Crippen LogP contribution in [0.5, 0.6) is 0 Å². The lowest BCUT2D eigenvalue weighted by atomic mass is 10.3. The fourth-order valence-corrected chi connectivity index (χ4v) is 2.11. The highest BCUT2D eigenvalue weighted by molar-refractivity contribution is 7.99. The van der Waals surface area contributed by atoms with Gasteiger partial charge in [-0.2, -0.15) is 0 Å². The first kappa shape index (κ1) is 8.10. The zero-order chi connectivity index (χ0) is 8.39. The molecule has 66 valence electrons. The van der Waals surface area contributed by atoms with Gasteiger partial charge in [-0.25, -0.2) is 4.98 Å². The maximum absolute atomic E-state index is 9.43. The van der Waals surface area contributed by atoms with Crippen molar-refractivity contribution < 1.29 is 9.52 Å². The molecule has 0 radical (unpaired) electrons. The molecular formula is C7H10N2O2S. The molecule has 2 unspecified atom stereocenters. The molecular weight excluding hydrogens is 176 g/mol. The number of oxazole rings is 1. The maximum Gasteiger partial charge on any atom is 0.255 e. The number of nitrogens with zero attached hydrogens (tertiary/aromatic N) is 1. The molecule has 5 heteroatoms. The second-order valence-corrected chi connectivity index (χ2v) is 3.87. The number of hydrogen-bond acceptors (Lipinski definition) is 5. The quantitative estimate of drug-likeness (QED) is 0.686. The zero-order valence-electron chi connectivity index (χ0n) is 6.43. The molecule has 0 spiro atoms. The predicted molar refractivity (Wildman–Crippen MR) is 45.0 cm³/mol. The van der Waals surface area contributed by atoms with Crippen LogP contribution in [-0.4, -0.2) is 34.5 Å². The number of nitrogens with one attached hydrogen (secondary N) is 1.